The van der Waals surface area contributed by atoms with E-state index in [0.29, 0.717) is 24.9 Å². The largest absolute Gasteiger partial charge is 0.447 e. The number of amides is 3. The van der Waals surface area contributed by atoms with Crippen LogP contribution in [0.15, 0.2) is 54.7 Å². The van der Waals surface area contributed by atoms with Crippen LogP contribution in [0.25, 0.3) is 10.8 Å². The topological polar surface area (TPSA) is 95.1 Å². The molecule has 4 rings (SSSR count). The van der Waals surface area contributed by atoms with Gasteiger partial charge in [-0.05, 0) is 43.9 Å². The highest BCUT2D eigenvalue weighted by Gasteiger charge is 2.28. The normalized spacial score (nSPS) is 14.6. The first kappa shape index (κ1) is 30.2. The van der Waals surface area contributed by atoms with E-state index in [2.05, 4.69) is 29.0 Å². The molecule has 1 atom stereocenters. The van der Waals surface area contributed by atoms with Gasteiger partial charge in [0.1, 0.15) is 18.2 Å². The number of likely N-dealkylation sites (N-methyl/N-ethyl adjacent to an activating group) is 1. The second-order valence-electron chi connectivity index (χ2n) is 10.4. The van der Waals surface area contributed by atoms with E-state index in [1.807, 2.05) is 29.2 Å². The molecule has 3 amide bonds. The molecule has 0 bridgehead atoms. The zero-order valence-electron chi connectivity index (χ0n) is 23.5. The van der Waals surface area contributed by atoms with Gasteiger partial charge in [0, 0.05) is 57.3 Å². The van der Waals surface area contributed by atoms with Crippen LogP contribution in [-0.4, -0.2) is 89.5 Å². The molecule has 0 saturated carbocycles. The Balaban J connectivity index is 1.42. The van der Waals surface area contributed by atoms with Crippen LogP contribution in [0.5, 0.6) is 0 Å². The number of piperazine rings is 1. The first-order valence-corrected chi connectivity index (χ1v) is 14.0. The van der Waals surface area contributed by atoms with Gasteiger partial charge in [-0.3, -0.25) is 19.8 Å². The van der Waals surface area contributed by atoms with Crippen molar-refractivity contribution in [3.8, 4) is 0 Å². The Morgan fingerprint density at radius 3 is 2.49 bits per heavy atom. The molecule has 1 fully saturated rings. The molecule has 0 spiro atoms. The van der Waals surface area contributed by atoms with Crippen molar-refractivity contribution in [2.75, 3.05) is 45.2 Å². The van der Waals surface area contributed by atoms with E-state index < -0.39 is 23.9 Å². The highest BCUT2D eigenvalue weighted by molar-refractivity contribution is 6.34. The first-order valence-electron chi connectivity index (χ1n) is 13.7. The van der Waals surface area contributed by atoms with Gasteiger partial charge in [-0.2, -0.15) is 0 Å². The van der Waals surface area contributed by atoms with Crippen molar-refractivity contribution in [1.29, 1.82) is 0 Å². The molecule has 218 valence electrons. The second-order valence-corrected chi connectivity index (χ2v) is 10.7. The number of ether oxygens (including phenoxy) is 1. The Bertz CT molecular complexity index is 1400. The summed E-state index contributed by atoms with van der Waals surface area (Å²) >= 11 is 6.07. The summed E-state index contributed by atoms with van der Waals surface area (Å²) in [5.41, 5.74) is -0.0138. The van der Waals surface area contributed by atoms with Crippen LogP contribution in [0.3, 0.4) is 0 Å². The molecule has 1 aliphatic rings. The lowest BCUT2D eigenvalue weighted by atomic mass is 10.1. The summed E-state index contributed by atoms with van der Waals surface area (Å²) in [7, 11) is 1.52. The van der Waals surface area contributed by atoms with Gasteiger partial charge in [-0.25, -0.2) is 14.2 Å². The predicted molar refractivity (Wildman–Crippen MR) is 157 cm³/mol. The van der Waals surface area contributed by atoms with Gasteiger partial charge >= 0.3 is 6.09 Å². The number of carbonyl (C=O) groups is 3. The zero-order valence-corrected chi connectivity index (χ0v) is 24.2. The summed E-state index contributed by atoms with van der Waals surface area (Å²) < 4.78 is 19.5. The number of carbonyl (C=O) groups excluding carboxylic acids is 3. The fourth-order valence-corrected chi connectivity index (χ4v) is 5.02. The number of aromatic nitrogens is 1. The van der Waals surface area contributed by atoms with Gasteiger partial charge in [0.05, 0.1) is 16.6 Å². The first-order chi connectivity index (χ1) is 19.6. The Morgan fingerprint density at radius 2 is 1.78 bits per heavy atom. The third-order valence-corrected chi connectivity index (χ3v) is 7.79. The van der Waals surface area contributed by atoms with Crippen LogP contribution in [0, 0.1) is 5.82 Å². The lowest BCUT2D eigenvalue weighted by Crippen LogP contribution is -2.51. The number of halogens is 2. The minimum atomic E-state index is -0.751. The second kappa shape index (κ2) is 13.7. The molecular weight excluding hydrogens is 549 g/mol. The molecule has 0 unspecified atom stereocenters. The molecule has 9 nitrogen and oxygen atoms in total. The third-order valence-electron chi connectivity index (χ3n) is 7.41. The average molecular weight is 584 g/mol. The minimum Gasteiger partial charge on any atom is -0.447 e. The smallest absolute Gasteiger partial charge is 0.412 e. The Labute approximate surface area is 244 Å². The van der Waals surface area contributed by atoms with Crippen molar-refractivity contribution in [1.82, 2.24) is 19.7 Å². The Kier molecular flexibility index (Phi) is 10.1. The molecule has 2 heterocycles. The van der Waals surface area contributed by atoms with Gasteiger partial charge < -0.3 is 14.5 Å². The third kappa shape index (κ3) is 7.71. The van der Waals surface area contributed by atoms with Crippen molar-refractivity contribution in [2.45, 2.75) is 38.8 Å². The van der Waals surface area contributed by atoms with E-state index in [9.17, 15) is 18.8 Å². The number of pyridine rings is 1. The maximum Gasteiger partial charge on any atom is 0.412 e. The fraction of sp³-hybridized carbons (Fsp3) is 0.400. The van der Waals surface area contributed by atoms with Gasteiger partial charge in [0.15, 0.2) is 0 Å². The molecule has 2 aromatic carbocycles. The lowest BCUT2D eigenvalue weighted by Gasteiger charge is -2.37. The van der Waals surface area contributed by atoms with Gasteiger partial charge in [0.25, 0.3) is 5.91 Å². The predicted octanol–water partition coefficient (Wildman–Crippen LogP) is 5.05. The molecule has 41 heavy (non-hydrogen) atoms. The molecule has 11 heteroatoms. The minimum absolute atomic E-state index is 0.0138. The highest BCUT2D eigenvalue weighted by Crippen LogP contribution is 2.23. The van der Waals surface area contributed by atoms with Crippen molar-refractivity contribution >= 4 is 46.1 Å². The number of anilines is 1. The standard InChI is InChI=1S/C30H35ClFN5O4/c1-20(2)36-13-15-37(16-14-36)27(38)12-11-23(35(3)29(39)24-9-6-10-25(32)28(24)31)19-41-30(40)34-26-17-21-7-4-5-8-22(21)18-33-26/h4-10,17-18,20,23H,11-16,19H2,1-3H3,(H,33,34,40)/t23-/m0/s1. The summed E-state index contributed by atoms with van der Waals surface area (Å²) in [6.45, 7) is 6.94. The number of hydrogen-bond donors (Lipinski definition) is 1. The van der Waals surface area contributed by atoms with Crippen molar-refractivity contribution in [2.24, 2.45) is 0 Å². The molecule has 1 saturated heterocycles. The monoisotopic (exact) mass is 583 g/mol. The molecule has 1 aromatic heterocycles. The number of hydrogen-bond acceptors (Lipinski definition) is 6. The maximum absolute atomic E-state index is 14.1. The highest BCUT2D eigenvalue weighted by atomic mass is 35.5. The fourth-order valence-electron chi connectivity index (χ4n) is 4.81. The van der Waals surface area contributed by atoms with Crippen LogP contribution < -0.4 is 5.32 Å². The van der Waals surface area contributed by atoms with Crippen molar-refractivity contribution in [3.63, 3.8) is 0 Å². The van der Waals surface area contributed by atoms with E-state index in [0.717, 1.165) is 23.9 Å². The van der Waals surface area contributed by atoms with E-state index in [-0.39, 0.29) is 35.9 Å². The lowest BCUT2D eigenvalue weighted by molar-refractivity contribution is -0.133. The molecule has 0 aliphatic carbocycles. The van der Waals surface area contributed by atoms with Crippen LogP contribution in [0.2, 0.25) is 5.02 Å². The number of nitrogens with one attached hydrogen (secondary N) is 1. The Hall–Kier alpha value is -3.76. The zero-order chi connectivity index (χ0) is 29.5. The van der Waals surface area contributed by atoms with E-state index in [1.54, 1.807) is 12.3 Å². The van der Waals surface area contributed by atoms with E-state index in [4.69, 9.17) is 16.3 Å². The molecule has 1 N–H and O–H groups in total. The number of benzene rings is 2. The average Bonchev–Trinajstić information content (AvgIpc) is 2.97. The van der Waals surface area contributed by atoms with Crippen LogP contribution in [0.1, 0.15) is 37.0 Å². The van der Waals surface area contributed by atoms with Crippen molar-refractivity contribution < 1.29 is 23.5 Å². The molecular formula is C30H35ClFN5O4. The van der Waals surface area contributed by atoms with Crippen LogP contribution >= 0.6 is 11.6 Å². The summed E-state index contributed by atoms with van der Waals surface area (Å²) in [5, 5.41) is 4.15. The Morgan fingerprint density at radius 1 is 1.07 bits per heavy atom. The summed E-state index contributed by atoms with van der Waals surface area (Å²) in [4.78, 5) is 48.7. The number of rotatable bonds is 9. The number of nitrogens with zero attached hydrogens (tertiary/aromatic N) is 4. The number of fused-ring (bicyclic) bond motifs is 1. The summed E-state index contributed by atoms with van der Waals surface area (Å²) in [6.07, 6.45) is 1.28. The van der Waals surface area contributed by atoms with Crippen LogP contribution in [-0.2, 0) is 9.53 Å². The van der Waals surface area contributed by atoms with Gasteiger partial charge in [-0.15, -0.1) is 0 Å². The molecule has 0 radical (unpaired) electrons. The quantitative estimate of drug-likeness (QED) is 0.379. The van der Waals surface area contributed by atoms with Gasteiger partial charge in [-0.1, -0.05) is 41.9 Å². The van der Waals surface area contributed by atoms with Crippen LogP contribution in [0.4, 0.5) is 15.0 Å². The SMILES string of the molecule is CC(C)N1CCN(C(=O)CC[C@@H](COC(=O)Nc2cc3ccccc3cn2)N(C)C(=O)c2cccc(F)c2Cl)CC1. The van der Waals surface area contributed by atoms with E-state index in [1.165, 1.54) is 30.1 Å². The molecule has 1 aliphatic heterocycles. The maximum atomic E-state index is 14.1. The summed E-state index contributed by atoms with van der Waals surface area (Å²) in [6, 6.07) is 13.1. The molecule has 3 aromatic rings. The van der Waals surface area contributed by atoms with Gasteiger partial charge in [0.2, 0.25) is 5.91 Å². The van der Waals surface area contributed by atoms with E-state index >= 15 is 0 Å². The summed E-state index contributed by atoms with van der Waals surface area (Å²) in [5.74, 6) is -0.973. The van der Waals surface area contributed by atoms with Crippen molar-refractivity contribution in [3.05, 3.63) is 71.1 Å².